The molecule has 2 aromatic heterocycles. The van der Waals surface area contributed by atoms with Crippen molar-refractivity contribution in [3.05, 3.63) is 63.9 Å². The molecule has 0 atom stereocenters. The fraction of sp³-hybridized carbons (Fsp3) is 0.118. The summed E-state index contributed by atoms with van der Waals surface area (Å²) in [5.41, 5.74) is 13.0. The molecule has 0 unspecified atom stereocenters. The van der Waals surface area contributed by atoms with Crippen LogP contribution in [0.5, 0.6) is 0 Å². The molecule has 4 aromatic rings. The van der Waals surface area contributed by atoms with Gasteiger partial charge in [0.2, 0.25) is 0 Å². The van der Waals surface area contributed by atoms with Gasteiger partial charge in [0.15, 0.2) is 10.3 Å². The van der Waals surface area contributed by atoms with Crippen LogP contribution in [-0.2, 0) is 27.2 Å². The Morgan fingerprint density at radius 3 is 1.41 bits per heavy atom. The molecule has 29 heavy (non-hydrogen) atoms. The van der Waals surface area contributed by atoms with Crippen molar-refractivity contribution in [3.63, 3.8) is 0 Å². The first-order chi connectivity index (χ1) is 13.2. The normalized spacial score (nSPS) is 8.90. The number of thiazole rings is 2. The van der Waals surface area contributed by atoms with Crippen LogP contribution in [0.4, 0.5) is 10.3 Å². The molecule has 0 amide bonds. The fourth-order valence-electron chi connectivity index (χ4n) is 1.78. The summed E-state index contributed by atoms with van der Waals surface area (Å²) in [5, 5.41) is 16.0. The van der Waals surface area contributed by atoms with Gasteiger partial charge in [-0.05, 0) is 38.1 Å². The summed E-state index contributed by atoms with van der Waals surface area (Å²) < 4.78 is 2.31. The van der Waals surface area contributed by atoms with Gasteiger partial charge < -0.3 is 31.6 Å². The zero-order valence-corrected chi connectivity index (χ0v) is 18.5. The SMILES string of the molecule is CC(C)=O.Nc1nc2ccccc2s1.Nc1nc2ccccc2s1.O=[N+]([O-])[O-].[Ag+]. The Kier molecular flexibility index (Phi) is 12.4. The Hall–Kier alpha value is -2.57. The molecule has 0 aliphatic rings. The molecule has 0 aliphatic heterocycles. The Bertz CT molecular complexity index is 896. The van der Waals surface area contributed by atoms with Crippen LogP contribution in [-0.4, -0.2) is 20.8 Å². The van der Waals surface area contributed by atoms with Crippen LogP contribution in [0, 0.1) is 15.3 Å². The van der Waals surface area contributed by atoms with E-state index in [1.54, 1.807) is 0 Å². The van der Waals surface area contributed by atoms with Crippen molar-refractivity contribution in [2.45, 2.75) is 13.8 Å². The molecule has 4 N–H and O–H groups in total. The number of benzene rings is 2. The van der Waals surface area contributed by atoms with Gasteiger partial charge in [0.25, 0.3) is 0 Å². The Balaban J connectivity index is 0.000000391. The average molecular weight is 528 g/mol. The molecular weight excluding hydrogens is 510 g/mol. The maximum Gasteiger partial charge on any atom is 1.00 e. The minimum absolute atomic E-state index is 0. The van der Waals surface area contributed by atoms with Gasteiger partial charge in [0.1, 0.15) is 5.78 Å². The van der Waals surface area contributed by atoms with Crippen molar-refractivity contribution in [1.29, 1.82) is 0 Å². The summed E-state index contributed by atoms with van der Waals surface area (Å²) in [7, 11) is 0. The van der Waals surface area contributed by atoms with Crippen LogP contribution in [0.2, 0.25) is 0 Å². The van der Waals surface area contributed by atoms with E-state index >= 15 is 0 Å². The zero-order valence-electron chi connectivity index (χ0n) is 15.4. The number of carbonyl (C=O) groups is 1. The molecule has 2 aromatic carbocycles. The van der Waals surface area contributed by atoms with Crippen molar-refractivity contribution in [2.75, 3.05) is 11.5 Å². The van der Waals surface area contributed by atoms with Gasteiger partial charge in [-0.3, -0.25) is 0 Å². The number of nitrogens with two attached hydrogens (primary N) is 2. The van der Waals surface area contributed by atoms with Crippen LogP contribution in [0.15, 0.2) is 48.5 Å². The molecule has 0 radical (unpaired) electrons. The summed E-state index contributed by atoms with van der Waals surface area (Å²) >= 11 is 3.04. The number of carbonyl (C=O) groups excluding carboxylic acids is 1. The molecule has 4 rings (SSSR count). The summed E-state index contributed by atoms with van der Waals surface area (Å²) in [4.78, 5) is 25.9. The van der Waals surface area contributed by atoms with Crippen molar-refractivity contribution in [2.24, 2.45) is 0 Å². The summed E-state index contributed by atoms with van der Waals surface area (Å²) in [6, 6.07) is 15.8. The molecule has 158 valence electrons. The van der Waals surface area contributed by atoms with Crippen LogP contribution in [0.1, 0.15) is 13.8 Å². The summed E-state index contributed by atoms with van der Waals surface area (Å²) in [6.45, 7) is 3.06. The number of nitrogen functional groups attached to an aromatic ring is 2. The van der Waals surface area contributed by atoms with E-state index in [-0.39, 0.29) is 28.2 Å². The van der Waals surface area contributed by atoms with E-state index in [4.69, 9.17) is 26.8 Å². The van der Waals surface area contributed by atoms with E-state index in [1.807, 2.05) is 48.5 Å². The largest absolute Gasteiger partial charge is 1.00 e. The Morgan fingerprint density at radius 1 is 0.862 bits per heavy atom. The third kappa shape index (κ3) is 11.1. The number of hydrogen-bond donors (Lipinski definition) is 2. The van der Waals surface area contributed by atoms with E-state index in [2.05, 4.69) is 9.97 Å². The minimum atomic E-state index is -1.75. The number of rotatable bonds is 0. The number of hydrogen-bond acceptors (Lipinski definition) is 10. The van der Waals surface area contributed by atoms with Crippen LogP contribution < -0.4 is 11.5 Å². The first-order valence-corrected chi connectivity index (χ1v) is 9.33. The van der Waals surface area contributed by atoms with E-state index < -0.39 is 5.09 Å². The van der Waals surface area contributed by atoms with Gasteiger partial charge in [0.05, 0.1) is 25.5 Å². The number of nitrogens with zero attached hydrogens (tertiary/aromatic N) is 3. The summed E-state index contributed by atoms with van der Waals surface area (Å²) in [6.07, 6.45) is 0. The second kappa shape index (κ2) is 13.6. The third-order valence-corrected chi connectivity index (χ3v) is 4.35. The standard InChI is InChI=1S/2C7H6N2S.C3H6O.Ag.NO3/c2*8-7-9-5-3-1-2-4-6(5)10-7;1-3(2)4;;2-1(3)4/h2*1-4H,(H2,8,9);1-2H3;;/q;;;+1;-1. The van der Waals surface area contributed by atoms with Gasteiger partial charge in [-0.2, -0.15) is 0 Å². The predicted octanol–water partition coefficient (Wildman–Crippen LogP) is 4.11. The Labute approximate surface area is 190 Å². The topological polar surface area (TPSA) is 161 Å². The maximum absolute atomic E-state index is 9.44. The molecule has 0 spiro atoms. The van der Waals surface area contributed by atoms with Crippen LogP contribution >= 0.6 is 22.7 Å². The zero-order chi connectivity index (χ0) is 21.1. The second-order valence-corrected chi connectivity index (χ2v) is 7.30. The molecule has 0 fully saturated rings. The van der Waals surface area contributed by atoms with Gasteiger partial charge in [-0.15, -0.1) is 0 Å². The van der Waals surface area contributed by atoms with Gasteiger partial charge >= 0.3 is 22.4 Å². The number of para-hydroxylation sites is 2. The number of anilines is 2. The van der Waals surface area contributed by atoms with Gasteiger partial charge in [-0.1, -0.05) is 46.9 Å². The van der Waals surface area contributed by atoms with E-state index in [0.29, 0.717) is 10.3 Å². The predicted molar refractivity (Wildman–Crippen MR) is 115 cm³/mol. The second-order valence-electron chi connectivity index (χ2n) is 5.17. The monoisotopic (exact) mass is 527 g/mol. The van der Waals surface area contributed by atoms with Crippen LogP contribution in [0.3, 0.4) is 0 Å². The van der Waals surface area contributed by atoms with Crippen LogP contribution in [0.25, 0.3) is 20.4 Å². The molecule has 2 heterocycles. The molecular formula is C17H18AgN5O4S2. The quantitative estimate of drug-likeness (QED) is 0.196. The molecule has 0 aliphatic carbocycles. The van der Waals surface area contributed by atoms with Crippen molar-refractivity contribution < 1.29 is 32.3 Å². The molecule has 0 saturated carbocycles. The number of aromatic nitrogens is 2. The third-order valence-electron chi connectivity index (χ3n) is 2.62. The van der Waals surface area contributed by atoms with E-state index in [9.17, 15) is 4.79 Å². The van der Waals surface area contributed by atoms with Crippen molar-refractivity contribution in [1.82, 2.24) is 9.97 Å². The minimum Gasteiger partial charge on any atom is -0.375 e. The first-order valence-electron chi connectivity index (χ1n) is 7.69. The van der Waals surface area contributed by atoms with Gasteiger partial charge in [0, 0.05) is 0 Å². The van der Waals surface area contributed by atoms with E-state index in [0.717, 1.165) is 20.4 Å². The van der Waals surface area contributed by atoms with E-state index in [1.165, 1.54) is 36.5 Å². The van der Waals surface area contributed by atoms with Crippen molar-refractivity contribution >= 4 is 59.2 Å². The van der Waals surface area contributed by atoms with Crippen molar-refractivity contribution in [3.8, 4) is 0 Å². The first kappa shape index (κ1) is 26.4. The Morgan fingerprint density at radius 2 is 1.14 bits per heavy atom. The molecule has 0 saturated heterocycles. The number of ketones is 1. The molecule has 12 heteroatoms. The molecule has 9 nitrogen and oxygen atoms in total. The fourth-order valence-corrected chi connectivity index (χ4v) is 3.25. The maximum atomic E-state index is 9.44. The molecule has 0 bridgehead atoms. The van der Waals surface area contributed by atoms with Gasteiger partial charge in [-0.25, -0.2) is 9.97 Å². The average Bonchev–Trinajstić information content (AvgIpc) is 3.14. The smallest absolute Gasteiger partial charge is 0.375 e. The number of Topliss-reactive ketones (excluding diaryl/α,β-unsaturated/α-hetero) is 1. The number of fused-ring (bicyclic) bond motifs is 2. The summed E-state index contributed by atoms with van der Waals surface area (Å²) in [5.74, 6) is 0.167.